The molecule has 2 rings (SSSR count). The third-order valence-corrected chi connectivity index (χ3v) is 4.07. The van der Waals surface area contributed by atoms with Gasteiger partial charge in [0.15, 0.2) is 0 Å². The maximum absolute atomic E-state index is 10.7. The van der Waals surface area contributed by atoms with Gasteiger partial charge in [0.1, 0.15) is 5.75 Å². The first-order chi connectivity index (χ1) is 13.1. The van der Waals surface area contributed by atoms with Gasteiger partial charge in [-0.25, -0.2) is 0 Å². The summed E-state index contributed by atoms with van der Waals surface area (Å²) in [5.41, 5.74) is 3.11. The van der Waals surface area contributed by atoms with E-state index in [0.29, 0.717) is 13.2 Å². The van der Waals surface area contributed by atoms with E-state index in [2.05, 4.69) is 6.58 Å². The van der Waals surface area contributed by atoms with Gasteiger partial charge in [0.05, 0.1) is 18.1 Å². The fraction of sp³-hybridized carbons (Fsp3) is 0.364. The molecule has 0 saturated heterocycles. The van der Waals surface area contributed by atoms with Crippen molar-refractivity contribution in [2.45, 2.75) is 32.6 Å². The van der Waals surface area contributed by atoms with Gasteiger partial charge in [-0.1, -0.05) is 30.7 Å². The summed E-state index contributed by atoms with van der Waals surface area (Å²) in [6, 6.07) is 14.4. The maximum atomic E-state index is 10.7. The Morgan fingerprint density at radius 2 is 1.48 bits per heavy atom. The van der Waals surface area contributed by atoms with Gasteiger partial charge in [-0.3, -0.25) is 10.1 Å². The number of ether oxygens (including phenoxy) is 2. The lowest BCUT2D eigenvalue weighted by Crippen LogP contribution is -1.99. The van der Waals surface area contributed by atoms with Crippen LogP contribution in [0.5, 0.6) is 5.75 Å². The van der Waals surface area contributed by atoms with Crippen LogP contribution in [0.15, 0.2) is 60.7 Å². The molecule has 2 aromatic carbocycles. The first-order valence-electron chi connectivity index (χ1n) is 9.26. The smallest absolute Gasteiger partial charge is 0.269 e. The predicted molar refractivity (Wildman–Crippen MR) is 108 cm³/mol. The van der Waals surface area contributed by atoms with Crippen molar-refractivity contribution in [3.05, 3.63) is 70.8 Å². The highest BCUT2D eigenvalue weighted by Gasteiger charge is 2.05. The van der Waals surface area contributed by atoms with E-state index in [4.69, 9.17) is 9.47 Å². The highest BCUT2D eigenvalue weighted by atomic mass is 16.6. The van der Waals surface area contributed by atoms with Crippen LogP contribution in [0, 0.1) is 10.1 Å². The van der Waals surface area contributed by atoms with Crippen LogP contribution in [0.4, 0.5) is 5.69 Å². The highest BCUT2D eigenvalue weighted by Crippen LogP contribution is 2.24. The number of hydrogen-bond donors (Lipinski definition) is 0. The second kappa shape index (κ2) is 11.1. The van der Waals surface area contributed by atoms with Gasteiger partial charge in [-0.05, 0) is 61.6 Å². The van der Waals surface area contributed by atoms with Gasteiger partial charge in [0, 0.05) is 18.7 Å². The summed E-state index contributed by atoms with van der Waals surface area (Å²) in [6.45, 7) is 7.92. The predicted octanol–water partition coefficient (Wildman–Crippen LogP) is 5.79. The Hall–Kier alpha value is -2.66. The third kappa shape index (κ3) is 7.62. The van der Waals surface area contributed by atoms with Gasteiger partial charge >= 0.3 is 0 Å². The van der Waals surface area contributed by atoms with Gasteiger partial charge in [-0.15, -0.1) is 0 Å². The zero-order chi connectivity index (χ0) is 19.5. The Morgan fingerprint density at radius 3 is 2.04 bits per heavy atom. The summed E-state index contributed by atoms with van der Waals surface area (Å²) >= 11 is 0. The lowest BCUT2D eigenvalue weighted by Gasteiger charge is -2.08. The minimum Gasteiger partial charge on any atom is -0.494 e. The second-order valence-electron chi connectivity index (χ2n) is 6.60. The molecule has 5 heteroatoms. The van der Waals surface area contributed by atoms with E-state index in [1.54, 1.807) is 12.1 Å². The van der Waals surface area contributed by atoms with Crippen LogP contribution in [0.2, 0.25) is 0 Å². The molecule has 5 nitrogen and oxygen atoms in total. The van der Waals surface area contributed by atoms with E-state index in [9.17, 15) is 10.1 Å². The molecule has 0 spiro atoms. The minimum atomic E-state index is -0.393. The Labute approximate surface area is 160 Å². The van der Waals surface area contributed by atoms with Crippen molar-refractivity contribution in [1.29, 1.82) is 0 Å². The van der Waals surface area contributed by atoms with Crippen molar-refractivity contribution < 1.29 is 14.4 Å². The summed E-state index contributed by atoms with van der Waals surface area (Å²) in [5.74, 6) is 0.838. The summed E-state index contributed by atoms with van der Waals surface area (Å²) in [6.07, 6.45) is 4.34. The molecule has 0 unspecified atom stereocenters. The molecular formula is C22H27NO4. The van der Waals surface area contributed by atoms with Crippen molar-refractivity contribution in [1.82, 2.24) is 0 Å². The molecule has 0 aliphatic rings. The van der Waals surface area contributed by atoms with Crippen molar-refractivity contribution in [2.75, 3.05) is 19.8 Å². The Kier molecular flexibility index (Phi) is 8.52. The number of rotatable bonds is 12. The Balaban J connectivity index is 1.65. The van der Waals surface area contributed by atoms with Gasteiger partial charge in [0.2, 0.25) is 0 Å². The summed E-state index contributed by atoms with van der Waals surface area (Å²) < 4.78 is 11.2. The molecule has 0 fully saturated rings. The lowest BCUT2D eigenvalue weighted by molar-refractivity contribution is -0.384. The number of benzene rings is 2. The first-order valence-corrected chi connectivity index (χ1v) is 9.26. The summed E-state index contributed by atoms with van der Waals surface area (Å²) in [7, 11) is 0. The van der Waals surface area contributed by atoms with Gasteiger partial charge < -0.3 is 9.47 Å². The van der Waals surface area contributed by atoms with E-state index in [1.165, 1.54) is 12.1 Å². The first kappa shape index (κ1) is 20.6. The molecule has 0 bridgehead atoms. The molecule has 0 amide bonds. The standard InChI is InChI=1S/C22H27NO4/c1-18(2)17-26-15-5-3-4-6-16-27-22-13-9-20(10-14-22)19-7-11-21(12-8-19)23(24)25/h7-14H,1,3-6,15-17H2,2H3. The molecule has 0 heterocycles. The topological polar surface area (TPSA) is 61.6 Å². The fourth-order valence-electron chi connectivity index (χ4n) is 2.62. The zero-order valence-electron chi connectivity index (χ0n) is 15.9. The van der Waals surface area contributed by atoms with E-state index >= 15 is 0 Å². The van der Waals surface area contributed by atoms with Gasteiger partial charge in [0.25, 0.3) is 5.69 Å². The number of nitrogens with zero attached hydrogens (tertiary/aromatic N) is 1. The van der Waals surface area contributed by atoms with Crippen molar-refractivity contribution in [3.63, 3.8) is 0 Å². The summed E-state index contributed by atoms with van der Waals surface area (Å²) in [5, 5.41) is 10.7. The summed E-state index contributed by atoms with van der Waals surface area (Å²) in [4.78, 5) is 10.3. The van der Waals surface area contributed by atoms with Crippen molar-refractivity contribution >= 4 is 5.69 Å². The van der Waals surface area contributed by atoms with E-state index in [-0.39, 0.29) is 5.69 Å². The number of hydrogen-bond acceptors (Lipinski definition) is 4. The van der Waals surface area contributed by atoms with Crippen LogP contribution < -0.4 is 4.74 Å². The number of nitro benzene ring substituents is 1. The normalized spacial score (nSPS) is 10.6. The van der Waals surface area contributed by atoms with Crippen LogP contribution in [0.1, 0.15) is 32.6 Å². The molecule has 0 atom stereocenters. The number of non-ortho nitro benzene ring substituents is 1. The zero-order valence-corrected chi connectivity index (χ0v) is 15.9. The number of nitro groups is 1. The van der Waals surface area contributed by atoms with E-state index < -0.39 is 4.92 Å². The molecule has 0 saturated carbocycles. The molecule has 0 N–H and O–H groups in total. The van der Waals surface area contributed by atoms with Crippen LogP contribution in [0.3, 0.4) is 0 Å². The van der Waals surface area contributed by atoms with Gasteiger partial charge in [-0.2, -0.15) is 0 Å². The highest BCUT2D eigenvalue weighted by molar-refractivity contribution is 5.65. The molecule has 27 heavy (non-hydrogen) atoms. The monoisotopic (exact) mass is 369 g/mol. The van der Waals surface area contributed by atoms with Crippen LogP contribution in [-0.4, -0.2) is 24.7 Å². The minimum absolute atomic E-state index is 0.0982. The molecule has 0 radical (unpaired) electrons. The fourth-order valence-corrected chi connectivity index (χ4v) is 2.62. The van der Waals surface area contributed by atoms with Crippen LogP contribution in [0.25, 0.3) is 11.1 Å². The number of unbranched alkanes of at least 4 members (excludes halogenated alkanes) is 3. The van der Waals surface area contributed by atoms with Crippen molar-refractivity contribution in [2.24, 2.45) is 0 Å². The Morgan fingerprint density at radius 1 is 0.926 bits per heavy atom. The molecule has 144 valence electrons. The van der Waals surface area contributed by atoms with E-state index in [1.807, 2.05) is 31.2 Å². The average Bonchev–Trinajstić information content (AvgIpc) is 2.67. The Bertz CT molecular complexity index is 723. The molecular weight excluding hydrogens is 342 g/mol. The average molecular weight is 369 g/mol. The SMILES string of the molecule is C=C(C)COCCCCCCOc1ccc(-c2ccc([N+](=O)[O-])cc2)cc1. The van der Waals surface area contributed by atoms with E-state index in [0.717, 1.165) is 54.7 Å². The second-order valence-corrected chi connectivity index (χ2v) is 6.60. The molecule has 0 aliphatic carbocycles. The molecule has 2 aromatic rings. The van der Waals surface area contributed by atoms with Crippen LogP contribution in [-0.2, 0) is 4.74 Å². The molecule has 0 aliphatic heterocycles. The maximum Gasteiger partial charge on any atom is 0.269 e. The third-order valence-electron chi connectivity index (χ3n) is 4.07. The quantitative estimate of drug-likeness (QED) is 0.205. The largest absolute Gasteiger partial charge is 0.494 e. The van der Waals surface area contributed by atoms with Crippen molar-refractivity contribution in [3.8, 4) is 16.9 Å². The lowest BCUT2D eigenvalue weighted by atomic mass is 10.1. The molecule has 0 aromatic heterocycles. The van der Waals surface area contributed by atoms with Crippen LogP contribution >= 0.6 is 0 Å².